The van der Waals surface area contributed by atoms with E-state index in [1.54, 1.807) is 0 Å². The van der Waals surface area contributed by atoms with E-state index in [0.29, 0.717) is 30.5 Å². The fourth-order valence-electron chi connectivity index (χ4n) is 2.76. The van der Waals surface area contributed by atoms with Crippen molar-refractivity contribution in [3.8, 4) is 6.01 Å². The van der Waals surface area contributed by atoms with Crippen LogP contribution in [-0.4, -0.2) is 34.6 Å². The van der Waals surface area contributed by atoms with Crippen LogP contribution in [0.3, 0.4) is 0 Å². The molecule has 20 heavy (non-hydrogen) atoms. The fourth-order valence-corrected chi connectivity index (χ4v) is 2.91. The summed E-state index contributed by atoms with van der Waals surface area (Å²) in [6.07, 6.45) is 5.92. The van der Waals surface area contributed by atoms with Crippen LogP contribution in [-0.2, 0) is 0 Å². The van der Waals surface area contributed by atoms with Crippen LogP contribution < -0.4 is 9.64 Å². The van der Waals surface area contributed by atoms with Crippen LogP contribution >= 0.6 is 11.6 Å². The molecule has 6 heteroatoms. The minimum Gasteiger partial charge on any atom is -0.463 e. The first-order valence-corrected chi connectivity index (χ1v) is 7.76. The van der Waals surface area contributed by atoms with Gasteiger partial charge in [0, 0.05) is 13.1 Å². The van der Waals surface area contributed by atoms with Gasteiger partial charge in [0.05, 0.1) is 6.61 Å². The van der Waals surface area contributed by atoms with Crippen molar-refractivity contribution < 1.29 is 4.74 Å². The second-order valence-electron chi connectivity index (χ2n) is 5.48. The van der Waals surface area contributed by atoms with Gasteiger partial charge >= 0.3 is 6.01 Å². The highest BCUT2D eigenvalue weighted by Crippen LogP contribution is 2.29. The Labute approximate surface area is 125 Å². The summed E-state index contributed by atoms with van der Waals surface area (Å²) in [5.74, 6) is 1.25. The zero-order valence-electron chi connectivity index (χ0n) is 12.5. The van der Waals surface area contributed by atoms with Crippen molar-refractivity contribution in [2.75, 3.05) is 18.6 Å². The summed E-state index contributed by atoms with van der Waals surface area (Å²) in [7, 11) is 2.03. The van der Waals surface area contributed by atoms with Gasteiger partial charge in [-0.1, -0.05) is 26.7 Å². The Balaban J connectivity index is 2.15. The van der Waals surface area contributed by atoms with Crippen LogP contribution in [0.25, 0.3) is 0 Å². The zero-order chi connectivity index (χ0) is 14.5. The molecule has 0 aliphatic heterocycles. The molecule has 1 heterocycles. The molecule has 2 atom stereocenters. The lowest BCUT2D eigenvalue weighted by molar-refractivity contribution is 0.288. The second-order valence-corrected chi connectivity index (χ2v) is 5.81. The lowest BCUT2D eigenvalue weighted by Crippen LogP contribution is -2.40. The maximum Gasteiger partial charge on any atom is 0.322 e. The Morgan fingerprint density at radius 3 is 2.70 bits per heavy atom. The number of aromatic nitrogens is 3. The number of ether oxygens (including phenoxy) is 1. The van der Waals surface area contributed by atoms with Crippen molar-refractivity contribution in [2.45, 2.75) is 52.0 Å². The fraction of sp³-hybridized carbons (Fsp3) is 0.786. The van der Waals surface area contributed by atoms with E-state index < -0.39 is 0 Å². The molecule has 1 aliphatic rings. The molecule has 2 unspecified atom stereocenters. The maximum atomic E-state index is 5.98. The Morgan fingerprint density at radius 1 is 1.25 bits per heavy atom. The Bertz CT molecular complexity index is 443. The predicted molar refractivity (Wildman–Crippen MR) is 80.4 cm³/mol. The average Bonchev–Trinajstić information content (AvgIpc) is 2.44. The van der Waals surface area contributed by atoms with Crippen LogP contribution in [0.5, 0.6) is 6.01 Å². The van der Waals surface area contributed by atoms with E-state index in [4.69, 9.17) is 16.3 Å². The van der Waals surface area contributed by atoms with E-state index in [9.17, 15) is 0 Å². The average molecular weight is 299 g/mol. The Kier molecular flexibility index (Phi) is 5.40. The summed E-state index contributed by atoms with van der Waals surface area (Å²) < 4.78 is 5.47. The normalized spacial score (nSPS) is 22.6. The topological polar surface area (TPSA) is 51.1 Å². The summed E-state index contributed by atoms with van der Waals surface area (Å²) in [5.41, 5.74) is 0. The molecular weight excluding hydrogens is 276 g/mol. The summed E-state index contributed by atoms with van der Waals surface area (Å²) in [6.45, 7) is 4.92. The highest BCUT2D eigenvalue weighted by atomic mass is 35.5. The van der Waals surface area contributed by atoms with E-state index in [1.165, 1.54) is 25.7 Å². The molecule has 1 fully saturated rings. The third kappa shape index (κ3) is 3.72. The van der Waals surface area contributed by atoms with Crippen LogP contribution in [0, 0.1) is 5.92 Å². The third-order valence-corrected chi connectivity index (χ3v) is 4.06. The number of hydrogen-bond donors (Lipinski definition) is 0. The van der Waals surface area contributed by atoms with Gasteiger partial charge in [0.2, 0.25) is 11.2 Å². The van der Waals surface area contributed by atoms with Gasteiger partial charge < -0.3 is 9.64 Å². The first-order chi connectivity index (χ1) is 9.61. The molecule has 0 N–H and O–H groups in total. The van der Waals surface area contributed by atoms with Crippen LogP contribution in [0.2, 0.25) is 5.28 Å². The van der Waals surface area contributed by atoms with E-state index in [2.05, 4.69) is 26.8 Å². The van der Waals surface area contributed by atoms with Crippen molar-refractivity contribution in [3.05, 3.63) is 5.28 Å². The highest BCUT2D eigenvalue weighted by Gasteiger charge is 2.27. The second kappa shape index (κ2) is 7.07. The van der Waals surface area contributed by atoms with Crippen molar-refractivity contribution in [2.24, 2.45) is 5.92 Å². The van der Waals surface area contributed by atoms with Crippen molar-refractivity contribution in [1.82, 2.24) is 15.0 Å². The summed E-state index contributed by atoms with van der Waals surface area (Å²) in [4.78, 5) is 14.8. The SMILES string of the molecule is CCCOc1nc(Cl)nc(N(C)C2CCCCC2C)n1. The number of nitrogens with zero attached hydrogens (tertiary/aromatic N) is 4. The van der Waals surface area contributed by atoms with Crippen molar-refractivity contribution in [1.29, 1.82) is 0 Å². The van der Waals surface area contributed by atoms with Crippen molar-refractivity contribution >= 4 is 17.5 Å². The molecule has 5 nitrogen and oxygen atoms in total. The smallest absolute Gasteiger partial charge is 0.322 e. The van der Waals surface area contributed by atoms with E-state index >= 15 is 0 Å². The minimum atomic E-state index is 0.191. The molecule has 0 aromatic carbocycles. The van der Waals surface area contributed by atoms with E-state index in [0.717, 1.165) is 6.42 Å². The third-order valence-electron chi connectivity index (χ3n) is 3.89. The van der Waals surface area contributed by atoms with Crippen LogP contribution in [0.15, 0.2) is 0 Å². The number of hydrogen-bond acceptors (Lipinski definition) is 5. The molecule has 0 spiro atoms. The lowest BCUT2D eigenvalue weighted by Gasteiger charge is -2.36. The van der Waals surface area contributed by atoms with Gasteiger partial charge in [-0.05, 0) is 36.8 Å². The van der Waals surface area contributed by atoms with Gasteiger partial charge in [-0.3, -0.25) is 0 Å². The zero-order valence-corrected chi connectivity index (χ0v) is 13.2. The van der Waals surface area contributed by atoms with Gasteiger partial charge in [-0.15, -0.1) is 0 Å². The van der Waals surface area contributed by atoms with Crippen LogP contribution in [0.4, 0.5) is 5.95 Å². The Hall–Kier alpha value is -1.10. The van der Waals surface area contributed by atoms with E-state index in [1.807, 2.05) is 14.0 Å². The first kappa shape index (κ1) is 15.3. The molecule has 1 saturated carbocycles. The monoisotopic (exact) mass is 298 g/mol. The van der Waals surface area contributed by atoms with Crippen molar-refractivity contribution in [3.63, 3.8) is 0 Å². The maximum absolute atomic E-state index is 5.98. The quantitative estimate of drug-likeness (QED) is 0.834. The minimum absolute atomic E-state index is 0.191. The molecule has 0 saturated heterocycles. The number of anilines is 1. The standard InChI is InChI=1S/C14H23ClN4O/c1-4-9-20-14-17-12(15)16-13(18-14)19(3)11-8-6-5-7-10(11)2/h10-11H,4-9H2,1-3H3. The molecule has 1 aliphatic carbocycles. The largest absolute Gasteiger partial charge is 0.463 e. The van der Waals surface area contributed by atoms with Crippen LogP contribution in [0.1, 0.15) is 46.0 Å². The van der Waals surface area contributed by atoms with Gasteiger partial charge in [0.1, 0.15) is 0 Å². The van der Waals surface area contributed by atoms with E-state index in [-0.39, 0.29) is 5.28 Å². The highest BCUT2D eigenvalue weighted by molar-refractivity contribution is 6.28. The molecule has 1 aromatic heterocycles. The summed E-state index contributed by atoms with van der Waals surface area (Å²) in [6, 6.07) is 0.776. The molecule has 0 radical (unpaired) electrons. The van der Waals surface area contributed by atoms with Gasteiger partial charge in [-0.25, -0.2) is 0 Å². The predicted octanol–water partition coefficient (Wildman–Crippen LogP) is 3.33. The molecule has 112 valence electrons. The first-order valence-electron chi connectivity index (χ1n) is 7.39. The summed E-state index contributed by atoms with van der Waals surface area (Å²) in [5, 5.41) is 0.191. The summed E-state index contributed by atoms with van der Waals surface area (Å²) >= 11 is 5.98. The van der Waals surface area contributed by atoms with Gasteiger partial charge in [0.25, 0.3) is 0 Å². The Morgan fingerprint density at radius 2 is 2.00 bits per heavy atom. The molecular formula is C14H23ClN4O. The number of halogens is 1. The molecule has 1 aromatic rings. The van der Waals surface area contributed by atoms with Gasteiger partial charge in [-0.2, -0.15) is 15.0 Å². The molecule has 0 amide bonds. The van der Waals surface area contributed by atoms with Gasteiger partial charge in [0.15, 0.2) is 0 Å². The molecule has 2 rings (SSSR count). The lowest BCUT2D eigenvalue weighted by atomic mass is 9.85. The molecule has 0 bridgehead atoms. The number of rotatable bonds is 5.